The lowest BCUT2D eigenvalue weighted by atomic mass is 10.2. The summed E-state index contributed by atoms with van der Waals surface area (Å²) in [6.07, 6.45) is 0. The maximum Gasteiger partial charge on any atom is 0.236 e. The first kappa shape index (κ1) is 19.5. The lowest BCUT2D eigenvalue weighted by Gasteiger charge is -2.37. The number of halogens is 1. The molecule has 1 amide bonds. The van der Waals surface area contributed by atoms with Crippen LogP contribution in [0.5, 0.6) is 5.75 Å². The van der Waals surface area contributed by atoms with E-state index in [-0.39, 0.29) is 5.91 Å². The van der Waals surface area contributed by atoms with Gasteiger partial charge in [0.2, 0.25) is 5.91 Å². The molecule has 1 saturated heterocycles. The standard InChI is InChI=1S/C21H26ClN3O2/c1-23(15-17-7-3-4-8-18(17)22)16-21(26)25-13-11-24(12-14-25)19-9-5-6-10-20(19)27-2/h3-10H,11-16H2,1-2H3. The van der Waals surface area contributed by atoms with E-state index in [9.17, 15) is 4.79 Å². The summed E-state index contributed by atoms with van der Waals surface area (Å²) in [4.78, 5) is 18.9. The lowest BCUT2D eigenvalue weighted by Crippen LogP contribution is -2.51. The van der Waals surface area contributed by atoms with Crippen molar-refractivity contribution in [2.45, 2.75) is 6.54 Å². The molecule has 27 heavy (non-hydrogen) atoms. The van der Waals surface area contributed by atoms with Crippen LogP contribution in [0.25, 0.3) is 0 Å². The Morgan fingerprint density at radius 3 is 2.44 bits per heavy atom. The Morgan fingerprint density at radius 1 is 1.07 bits per heavy atom. The smallest absolute Gasteiger partial charge is 0.236 e. The van der Waals surface area contributed by atoms with E-state index >= 15 is 0 Å². The molecular weight excluding hydrogens is 362 g/mol. The number of hydrogen-bond donors (Lipinski definition) is 0. The van der Waals surface area contributed by atoms with Gasteiger partial charge in [0.15, 0.2) is 0 Å². The molecule has 144 valence electrons. The topological polar surface area (TPSA) is 36.0 Å². The molecular formula is C21H26ClN3O2. The van der Waals surface area contributed by atoms with Crippen LogP contribution in [0.3, 0.4) is 0 Å². The second-order valence-corrected chi connectivity index (χ2v) is 7.21. The summed E-state index contributed by atoms with van der Waals surface area (Å²) in [5.74, 6) is 1.03. The Hall–Kier alpha value is -2.24. The Labute approximate surface area is 166 Å². The van der Waals surface area contributed by atoms with Crippen LogP contribution in [-0.2, 0) is 11.3 Å². The summed E-state index contributed by atoms with van der Waals surface area (Å²) in [5, 5.41) is 0.738. The zero-order valence-corrected chi connectivity index (χ0v) is 16.7. The predicted octanol–water partition coefficient (Wildman–Crippen LogP) is 3.13. The number of amides is 1. The first-order chi connectivity index (χ1) is 13.1. The van der Waals surface area contributed by atoms with E-state index in [4.69, 9.17) is 16.3 Å². The van der Waals surface area contributed by atoms with E-state index in [1.54, 1.807) is 7.11 Å². The van der Waals surface area contributed by atoms with Gasteiger partial charge in [-0.15, -0.1) is 0 Å². The summed E-state index contributed by atoms with van der Waals surface area (Å²) in [5.41, 5.74) is 2.12. The fourth-order valence-corrected chi connectivity index (χ4v) is 3.59. The number of rotatable bonds is 6. The average Bonchev–Trinajstić information content (AvgIpc) is 2.69. The van der Waals surface area contributed by atoms with Gasteiger partial charge in [-0.1, -0.05) is 41.9 Å². The normalized spacial score (nSPS) is 14.5. The fraction of sp³-hybridized carbons (Fsp3) is 0.381. The van der Waals surface area contributed by atoms with Gasteiger partial charge in [0.1, 0.15) is 5.75 Å². The van der Waals surface area contributed by atoms with Gasteiger partial charge in [-0.3, -0.25) is 9.69 Å². The average molecular weight is 388 g/mol. The van der Waals surface area contributed by atoms with E-state index < -0.39 is 0 Å². The van der Waals surface area contributed by atoms with Crippen molar-refractivity contribution in [2.24, 2.45) is 0 Å². The highest BCUT2D eigenvalue weighted by atomic mass is 35.5. The minimum absolute atomic E-state index is 0.157. The van der Waals surface area contributed by atoms with Gasteiger partial charge >= 0.3 is 0 Å². The van der Waals surface area contributed by atoms with Crippen molar-refractivity contribution in [1.29, 1.82) is 0 Å². The van der Waals surface area contributed by atoms with Crippen molar-refractivity contribution in [3.63, 3.8) is 0 Å². The van der Waals surface area contributed by atoms with E-state index in [1.807, 2.05) is 59.3 Å². The van der Waals surface area contributed by atoms with Crippen LogP contribution in [0.2, 0.25) is 5.02 Å². The quantitative estimate of drug-likeness (QED) is 0.763. The summed E-state index contributed by atoms with van der Waals surface area (Å²) in [6, 6.07) is 15.8. The zero-order chi connectivity index (χ0) is 19.2. The maximum absolute atomic E-state index is 12.7. The number of nitrogens with zero attached hydrogens (tertiary/aromatic N) is 3. The Bertz CT molecular complexity index is 776. The van der Waals surface area contributed by atoms with Crippen LogP contribution in [0, 0.1) is 0 Å². The van der Waals surface area contributed by atoms with Gasteiger partial charge in [-0.05, 0) is 30.8 Å². The van der Waals surface area contributed by atoms with Crippen LogP contribution in [0.1, 0.15) is 5.56 Å². The Morgan fingerprint density at radius 2 is 1.74 bits per heavy atom. The highest BCUT2D eigenvalue weighted by molar-refractivity contribution is 6.31. The van der Waals surface area contributed by atoms with Gasteiger partial charge in [-0.25, -0.2) is 0 Å². The number of para-hydroxylation sites is 2. The zero-order valence-electron chi connectivity index (χ0n) is 15.9. The Balaban J connectivity index is 1.52. The number of anilines is 1. The monoisotopic (exact) mass is 387 g/mol. The second-order valence-electron chi connectivity index (χ2n) is 6.80. The number of benzene rings is 2. The van der Waals surface area contributed by atoms with Gasteiger partial charge < -0.3 is 14.5 Å². The Kier molecular flexibility index (Phi) is 6.58. The third-order valence-corrected chi connectivity index (χ3v) is 5.23. The van der Waals surface area contributed by atoms with Gasteiger partial charge in [0.05, 0.1) is 19.3 Å². The molecule has 0 radical (unpaired) electrons. The molecule has 0 atom stereocenters. The molecule has 3 rings (SSSR count). The van der Waals surface area contributed by atoms with E-state index in [2.05, 4.69) is 11.0 Å². The molecule has 0 unspecified atom stereocenters. The van der Waals surface area contributed by atoms with Crippen molar-refractivity contribution in [3.05, 3.63) is 59.1 Å². The minimum atomic E-state index is 0.157. The van der Waals surface area contributed by atoms with Crippen LogP contribution in [0.4, 0.5) is 5.69 Å². The molecule has 1 fully saturated rings. The largest absolute Gasteiger partial charge is 0.495 e. The van der Waals surface area contributed by atoms with Crippen molar-refractivity contribution in [1.82, 2.24) is 9.80 Å². The van der Waals surface area contributed by atoms with Crippen molar-refractivity contribution < 1.29 is 9.53 Å². The number of likely N-dealkylation sites (N-methyl/N-ethyl adjacent to an activating group) is 1. The van der Waals surface area contributed by atoms with Gasteiger partial charge in [0.25, 0.3) is 0 Å². The number of carbonyl (C=O) groups excluding carboxylic acids is 1. The molecule has 1 aliphatic heterocycles. The van der Waals surface area contributed by atoms with E-state index in [0.29, 0.717) is 13.1 Å². The third-order valence-electron chi connectivity index (χ3n) is 4.86. The summed E-state index contributed by atoms with van der Waals surface area (Å²) >= 11 is 6.21. The van der Waals surface area contributed by atoms with Crippen LogP contribution in [0.15, 0.2) is 48.5 Å². The molecule has 5 nitrogen and oxygen atoms in total. The van der Waals surface area contributed by atoms with E-state index in [0.717, 1.165) is 48.2 Å². The van der Waals surface area contributed by atoms with Crippen LogP contribution >= 0.6 is 11.6 Å². The van der Waals surface area contributed by atoms with E-state index in [1.165, 1.54) is 0 Å². The molecule has 1 heterocycles. The molecule has 2 aromatic carbocycles. The highest BCUT2D eigenvalue weighted by Crippen LogP contribution is 2.28. The fourth-order valence-electron chi connectivity index (χ4n) is 3.39. The van der Waals surface area contributed by atoms with Crippen LogP contribution in [-0.4, -0.2) is 62.6 Å². The molecule has 0 spiro atoms. The molecule has 6 heteroatoms. The van der Waals surface area contributed by atoms with Crippen molar-refractivity contribution in [3.8, 4) is 5.75 Å². The number of piperazine rings is 1. The summed E-state index contributed by atoms with van der Waals surface area (Å²) in [7, 11) is 3.64. The molecule has 0 aromatic heterocycles. The predicted molar refractivity (Wildman–Crippen MR) is 110 cm³/mol. The third kappa shape index (κ3) is 4.93. The number of hydrogen-bond acceptors (Lipinski definition) is 4. The molecule has 0 N–H and O–H groups in total. The van der Waals surface area contributed by atoms with Gasteiger partial charge in [-0.2, -0.15) is 0 Å². The highest BCUT2D eigenvalue weighted by Gasteiger charge is 2.23. The molecule has 2 aromatic rings. The van der Waals surface area contributed by atoms with Crippen molar-refractivity contribution in [2.75, 3.05) is 51.8 Å². The summed E-state index contributed by atoms with van der Waals surface area (Å²) in [6.45, 7) is 4.10. The van der Waals surface area contributed by atoms with Crippen LogP contribution < -0.4 is 9.64 Å². The number of methoxy groups -OCH3 is 1. The van der Waals surface area contributed by atoms with Gasteiger partial charge in [0, 0.05) is 37.7 Å². The summed E-state index contributed by atoms with van der Waals surface area (Å²) < 4.78 is 5.45. The molecule has 0 saturated carbocycles. The number of carbonyl (C=O) groups is 1. The first-order valence-corrected chi connectivity index (χ1v) is 9.54. The second kappa shape index (κ2) is 9.11. The molecule has 0 aliphatic carbocycles. The molecule has 0 bridgehead atoms. The SMILES string of the molecule is COc1ccccc1N1CCN(C(=O)CN(C)Cc2ccccc2Cl)CC1. The van der Waals surface area contributed by atoms with Crippen molar-refractivity contribution >= 4 is 23.2 Å². The lowest BCUT2D eigenvalue weighted by molar-refractivity contribution is -0.132. The first-order valence-electron chi connectivity index (χ1n) is 9.16. The molecule has 1 aliphatic rings. The number of ether oxygens (including phenoxy) is 1. The maximum atomic E-state index is 12.7. The minimum Gasteiger partial charge on any atom is -0.495 e.